The fraction of sp³-hybridized carbons (Fsp3) is 0.312. The molecule has 0 aliphatic rings. The maximum absolute atomic E-state index is 11.3. The van der Waals surface area contributed by atoms with Crippen LogP contribution in [0.4, 0.5) is 11.4 Å². The van der Waals surface area contributed by atoms with Crippen LogP contribution in [0.3, 0.4) is 0 Å². The smallest absolute Gasteiger partial charge is 0.224 e. The van der Waals surface area contributed by atoms with E-state index in [4.69, 9.17) is 0 Å². The molecule has 1 unspecified atom stereocenters. The number of anilines is 2. The zero-order valence-electron chi connectivity index (χ0n) is 12.1. The van der Waals surface area contributed by atoms with Crippen molar-refractivity contribution in [1.82, 2.24) is 0 Å². The number of nitrogens with one attached hydrogen (secondary N) is 2. The van der Waals surface area contributed by atoms with E-state index >= 15 is 0 Å². The molecule has 1 atom stereocenters. The lowest BCUT2D eigenvalue weighted by Gasteiger charge is -2.14. The summed E-state index contributed by atoms with van der Waals surface area (Å²) in [7, 11) is 0. The predicted molar refractivity (Wildman–Crippen MR) is 86.5 cm³/mol. The quantitative estimate of drug-likeness (QED) is 0.845. The van der Waals surface area contributed by atoms with Gasteiger partial charge in [-0.2, -0.15) is 0 Å². The number of benzene rings is 1. The lowest BCUT2D eigenvalue weighted by atomic mass is 10.2. The Labute approximate surface area is 124 Å². The number of thiophene rings is 1. The normalized spacial score (nSPS) is 11.9. The van der Waals surface area contributed by atoms with E-state index < -0.39 is 0 Å². The number of rotatable bonds is 5. The van der Waals surface area contributed by atoms with E-state index in [-0.39, 0.29) is 11.9 Å². The molecule has 0 saturated carbocycles. The molecule has 1 aromatic carbocycles. The van der Waals surface area contributed by atoms with Crippen LogP contribution in [-0.4, -0.2) is 5.91 Å². The van der Waals surface area contributed by atoms with E-state index in [0.29, 0.717) is 6.42 Å². The van der Waals surface area contributed by atoms with Crippen LogP contribution in [0, 0.1) is 6.92 Å². The minimum Gasteiger partial charge on any atom is -0.378 e. The number of aryl methyl sites for hydroxylation is 1. The van der Waals surface area contributed by atoms with Gasteiger partial charge in [0.2, 0.25) is 5.91 Å². The molecule has 106 valence electrons. The molecule has 20 heavy (non-hydrogen) atoms. The summed E-state index contributed by atoms with van der Waals surface area (Å²) in [5.74, 6) is 0.0353. The van der Waals surface area contributed by atoms with Crippen LogP contribution < -0.4 is 10.6 Å². The molecule has 2 rings (SSSR count). The van der Waals surface area contributed by atoms with E-state index in [2.05, 4.69) is 36.6 Å². The first kappa shape index (κ1) is 14.6. The van der Waals surface area contributed by atoms with Gasteiger partial charge in [0.05, 0.1) is 6.04 Å². The average Bonchev–Trinajstić information content (AvgIpc) is 2.87. The highest BCUT2D eigenvalue weighted by molar-refractivity contribution is 7.12. The topological polar surface area (TPSA) is 41.1 Å². The number of amides is 1. The Kier molecular flexibility index (Phi) is 4.79. The summed E-state index contributed by atoms with van der Waals surface area (Å²) in [6.45, 7) is 6.11. The van der Waals surface area contributed by atoms with Crippen molar-refractivity contribution in [1.29, 1.82) is 0 Å². The zero-order chi connectivity index (χ0) is 14.5. The molecule has 0 spiro atoms. The highest BCUT2D eigenvalue weighted by atomic mass is 32.1. The zero-order valence-corrected chi connectivity index (χ0v) is 12.9. The summed E-state index contributed by atoms with van der Waals surface area (Å²) < 4.78 is 0. The number of carbonyl (C=O) groups is 1. The molecular formula is C16H20N2OS. The summed E-state index contributed by atoms with van der Waals surface area (Å²) in [6.07, 6.45) is 0.495. The van der Waals surface area contributed by atoms with Crippen molar-refractivity contribution in [2.75, 3.05) is 10.6 Å². The minimum atomic E-state index is 0.0353. The first-order valence-corrected chi connectivity index (χ1v) is 7.63. The fourth-order valence-corrected chi connectivity index (χ4v) is 2.79. The van der Waals surface area contributed by atoms with Gasteiger partial charge in [0.1, 0.15) is 0 Å². The van der Waals surface area contributed by atoms with Crippen molar-refractivity contribution < 1.29 is 4.79 Å². The Morgan fingerprint density at radius 3 is 2.35 bits per heavy atom. The van der Waals surface area contributed by atoms with Crippen molar-refractivity contribution in [3.05, 3.63) is 46.2 Å². The maximum Gasteiger partial charge on any atom is 0.224 e. The summed E-state index contributed by atoms with van der Waals surface area (Å²) in [4.78, 5) is 14.0. The fourth-order valence-electron chi connectivity index (χ4n) is 1.91. The van der Waals surface area contributed by atoms with E-state index in [1.54, 1.807) is 0 Å². The van der Waals surface area contributed by atoms with Crippen molar-refractivity contribution >= 4 is 28.6 Å². The van der Waals surface area contributed by atoms with Crippen molar-refractivity contribution in [2.24, 2.45) is 0 Å². The molecule has 0 fully saturated rings. The van der Waals surface area contributed by atoms with Gasteiger partial charge in [-0.3, -0.25) is 4.79 Å². The lowest BCUT2D eigenvalue weighted by molar-refractivity contribution is -0.115. The largest absolute Gasteiger partial charge is 0.378 e. The Balaban J connectivity index is 1.98. The molecule has 0 radical (unpaired) electrons. The molecule has 1 amide bonds. The van der Waals surface area contributed by atoms with Gasteiger partial charge in [-0.05, 0) is 50.2 Å². The summed E-state index contributed by atoms with van der Waals surface area (Å²) in [5.41, 5.74) is 1.89. The molecule has 3 nitrogen and oxygen atoms in total. The molecule has 1 aromatic heterocycles. The molecule has 0 aliphatic heterocycles. The first-order valence-electron chi connectivity index (χ1n) is 6.81. The second kappa shape index (κ2) is 6.57. The van der Waals surface area contributed by atoms with Crippen molar-refractivity contribution in [3.63, 3.8) is 0 Å². The van der Waals surface area contributed by atoms with Crippen LogP contribution in [0.15, 0.2) is 36.4 Å². The van der Waals surface area contributed by atoms with Gasteiger partial charge in [-0.15, -0.1) is 11.3 Å². The number of hydrogen-bond acceptors (Lipinski definition) is 3. The minimum absolute atomic E-state index is 0.0353. The number of carbonyl (C=O) groups excluding carboxylic acids is 1. The van der Waals surface area contributed by atoms with Gasteiger partial charge in [0.25, 0.3) is 0 Å². The van der Waals surface area contributed by atoms with Crippen LogP contribution in [0.25, 0.3) is 0 Å². The molecular weight excluding hydrogens is 268 g/mol. The molecule has 2 N–H and O–H groups in total. The van der Waals surface area contributed by atoms with Gasteiger partial charge in [0.15, 0.2) is 0 Å². The Morgan fingerprint density at radius 1 is 1.15 bits per heavy atom. The van der Waals surface area contributed by atoms with Gasteiger partial charge < -0.3 is 10.6 Å². The molecule has 0 bridgehead atoms. The Morgan fingerprint density at radius 2 is 1.80 bits per heavy atom. The second-order valence-corrected chi connectivity index (χ2v) is 6.11. The third-order valence-electron chi connectivity index (χ3n) is 3.06. The van der Waals surface area contributed by atoms with Crippen LogP contribution in [0.1, 0.15) is 36.1 Å². The molecule has 2 aromatic rings. The monoisotopic (exact) mass is 288 g/mol. The third kappa shape index (κ3) is 3.84. The third-order valence-corrected chi connectivity index (χ3v) is 4.24. The van der Waals surface area contributed by atoms with Gasteiger partial charge >= 0.3 is 0 Å². The van der Waals surface area contributed by atoms with Crippen molar-refractivity contribution in [3.8, 4) is 0 Å². The van der Waals surface area contributed by atoms with Crippen LogP contribution >= 0.6 is 11.3 Å². The molecule has 4 heteroatoms. The summed E-state index contributed by atoms with van der Waals surface area (Å²) >= 11 is 1.81. The maximum atomic E-state index is 11.3. The van der Waals surface area contributed by atoms with E-state index in [0.717, 1.165) is 11.4 Å². The van der Waals surface area contributed by atoms with E-state index in [1.165, 1.54) is 9.75 Å². The highest BCUT2D eigenvalue weighted by Gasteiger charge is 2.07. The van der Waals surface area contributed by atoms with Gasteiger partial charge in [-0.25, -0.2) is 0 Å². The molecule has 0 saturated heterocycles. The molecule has 0 aliphatic carbocycles. The van der Waals surface area contributed by atoms with Crippen LogP contribution in [0.2, 0.25) is 0 Å². The standard InChI is InChI=1S/C16H20N2OS/c1-4-16(19)18-14-8-6-13(7-9-14)17-12(3)15-10-5-11(2)20-15/h5-10,12,17H,4H2,1-3H3,(H,18,19). The van der Waals surface area contributed by atoms with E-state index in [1.807, 2.05) is 42.5 Å². The van der Waals surface area contributed by atoms with Crippen LogP contribution in [-0.2, 0) is 4.79 Å². The predicted octanol–water partition coefficient (Wildman–Crippen LogP) is 4.58. The second-order valence-electron chi connectivity index (χ2n) is 4.79. The van der Waals surface area contributed by atoms with Gasteiger partial charge in [-0.1, -0.05) is 6.92 Å². The average molecular weight is 288 g/mol. The van der Waals surface area contributed by atoms with Crippen molar-refractivity contribution in [2.45, 2.75) is 33.2 Å². The van der Waals surface area contributed by atoms with Gasteiger partial charge in [0, 0.05) is 27.5 Å². The SMILES string of the molecule is CCC(=O)Nc1ccc(NC(C)c2ccc(C)s2)cc1. The number of hydrogen-bond donors (Lipinski definition) is 2. The lowest BCUT2D eigenvalue weighted by Crippen LogP contribution is -2.09. The van der Waals surface area contributed by atoms with Crippen LogP contribution in [0.5, 0.6) is 0 Å². The Hall–Kier alpha value is -1.81. The summed E-state index contributed by atoms with van der Waals surface area (Å²) in [6, 6.07) is 12.4. The Bertz CT molecular complexity index is 574. The highest BCUT2D eigenvalue weighted by Crippen LogP contribution is 2.26. The summed E-state index contributed by atoms with van der Waals surface area (Å²) in [5, 5.41) is 6.31. The first-order chi connectivity index (χ1) is 9.58. The molecule has 1 heterocycles. The van der Waals surface area contributed by atoms with E-state index in [9.17, 15) is 4.79 Å².